The van der Waals surface area contributed by atoms with Crippen molar-refractivity contribution in [1.82, 2.24) is 4.98 Å². The van der Waals surface area contributed by atoms with Gasteiger partial charge >= 0.3 is 5.97 Å². The van der Waals surface area contributed by atoms with Gasteiger partial charge in [0.1, 0.15) is 0 Å². The van der Waals surface area contributed by atoms with Crippen LogP contribution in [0.4, 0.5) is 5.69 Å². The molecule has 1 N–H and O–H groups in total. The number of aromatic nitrogens is 1. The van der Waals surface area contributed by atoms with E-state index >= 15 is 0 Å². The number of carbonyl (C=O) groups is 1. The summed E-state index contributed by atoms with van der Waals surface area (Å²) in [5.74, 6) is -0.900. The van der Waals surface area contributed by atoms with Gasteiger partial charge in [-0.25, -0.2) is 4.79 Å². The van der Waals surface area contributed by atoms with Gasteiger partial charge in [0.2, 0.25) is 0 Å². The molecule has 2 rings (SSSR count). The minimum Gasteiger partial charge on any atom is -0.478 e. The summed E-state index contributed by atoms with van der Waals surface area (Å²) >= 11 is 0. The standard InChI is InChI=1S/C16H18N2O2/c1-11-9-13(16(19)20)7-8-15(11)18(3)10-14-6-4-5-12(2)17-14/h4-9H,10H2,1-3H3,(H,19,20). The number of benzene rings is 1. The van der Waals surface area contributed by atoms with Gasteiger partial charge in [-0.15, -0.1) is 0 Å². The molecule has 0 aliphatic rings. The van der Waals surface area contributed by atoms with Crippen molar-refractivity contribution in [2.75, 3.05) is 11.9 Å². The third-order valence-electron chi connectivity index (χ3n) is 3.20. The normalized spacial score (nSPS) is 10.3. The second-order valence-electron chi connectivity index (χ2n) is 4.93. The third-order valence-corrected chi connectivity index (χ3v) is 3.20. The number of aryl methyl sites for hydroxylation is 2. The Labute approximate surface area is 118 Å². The Kier molecular flexibility index (Phi) is 4.03. The fourth-order valence-corrected chi connectivity index (χ4v) is 2.23. The highest BCUT2D eigenvalue weighted by molar-refractivity contribution is 5.88. The van der Waals surface area contributed by atoms with Crippen LogP contribution in [-0.4, -0.2) is 23.1 Å². The number of hydrogen-bond donors (Lipinski definition) is 1. The van der Waals surface area contributed by atoms with Crippen LogP contribution in [0.1, 0.15) is 27.3 Å². The van der Waals surface area contributed by atoms with E-state index in [1.54, 1.807) is 12.1 Å². The molecule has 0 saturated heterocycles. The summed E-state index contributed by atoms with van der Waals surface area (Å²) < 4.78 is 0. The van der Waals surface area contributed by atoms with Crippen LogP contribution in [0.3, 0.4) is 0 Å². The topological polar surface area (TPSA) is 53.4 Å². The van der Waals surface area contributed by atoms with Gasteiger partial charge in [0, 0.05) is 18.4 Å². The van der Waals surface area contributed by atoms with E-state index in [1.165, 1.54) is 0 Å². The van der Waals surface area contributed by atoms with Crippen LogP contribution in [0, 0.1) is 13.8 Å². The molecule has 0 bridgehead atoms. The summed E-state index contributed by atoms with van der Waals surface area (Å²) in [6, 6.07) is 11.1. The van der Waals surface area contributed by atoms with Crippen LogP contribution in [0.5, 0.6) is 0 Å². The molecule has 0 unspecified atom stereocenters. The summed E-state index contributed by atoms with van der Waals surface area (Å²) in [7, 11) is 1.98. The van der Waals surface area contributed by atoms with E-state index in [4.69, 9.17) is 5.11 Å². The Morgan fingerprint density at radius 1 is 1.25 bits per heavy atom. The summed E-state index contributed by atoms with van der Waals surface area (Å²) in [6.07, 6.45) is 0. The maximum absolute atomic E-state index is 10.9. The Balaban J connectivity index is 2.21. The lowest BCUT2D eigenvalue weighted by Crippen LogP contribution is -2.18. The lowest BCUT2D eigenvalue weighted by molar-refractivity contribution is 0.0697. The zero-order chi connectivity index (χ0) is 14.7. The highest BCUT2D eigenvalue weighted by atomic mass is 16.4. The van der Waals surface area contributed by atoms with Crippen molar-refractivity contribution in [3.63, 3.8) is 0 Å². The summed E-state index contributed by atoms with van der Waals surface area (Å²) in [5, 5.41) is 8.98. The van der Waals surface area contributed by atoms with Gasteiger partial charge < -0.3 is 10.0 Å². The van der Waals surface area contributed by atoms with Crippen LogP contribution >= 0.6 is 0 Å². The van der Waals surface area contributed by atoms with E-state index in [1.807, 2.05) is 45.2 Å². The molecular formula is C16H18N2O2. The van der Waals surface area contributed by atoms with Crippen molar-refractivity contribution >= 4 is 11.7 Å². The number of carboxylic acid groups (broad SMARTS) is 1. The molecule has 1 aromatic heterocycles. The third kappa shape index (κ3) is 3.15. The van der Waals surface area contributed by atoms with Crippen molar-refractivity contribution in [2.24, 2.45) is 0 Å². The molecule has 0 fully saturated rings. The molecule has 104 valence electrons. The molecule has 0 aliphatic carbocycles. The first-order valence-electron chi connectivity index (χ1n) is 6.45. The maximum Gasteiger partial charge on any atom is 0.335 e. The molecule has 4 nitrogen and oxygen atoms in total. The number of rotatable bonds is 4. The number of aromatic carboxylic acids is 1. The predicted octanol–water partition coefficient (Wildman–Crippen LogP) is 3.03. The van der Waals surface area contributed by atoms with Crippen molar-refractivity contribution in [2.45, 2.75) is 20.4 Å². The summed E-state index contributed by atoms with van der Waals surface area (Å²) in [6.45, 7) is 4.58. The smallest absolute Gasteiger partial charge is 0.335 e. The molecule has 2 aromatic rings. The average Bonchev–Trinajstić information content (AvgIpc) is 2.38. The molecule has 0 atom stereocenters. The zero-order valence-corrected chi connectivity index (χ0v) is 11.9. The van der Waals surface area contributed by atoms with Crippen molar-refractivity contribution < 1.29 is 9.90 Å². The Hall–Kier alpha value is -2.36. The summed E-state index contributed by atoms with van der Waals surface area (Å²) in [4.78, 5) is 17.5. The Bertz CT molecular complexity index is 638. The molecule has 0 saturated carbocycles. The summed E-state index contributed by atoms with van der Waals surface area (Å²) in [5.41, 5.74) is 4.26. The first kappa shape index (κ1) is 14.1. The molecule has 20 heavy (non-hydrogen) atoms. The van der Waals surface area contributed by atoms with E-state index in [0.717, 1.165) is 22.6 Å². The maximum atomic E-state index is 10.9. The van der Waals surface area contributed by atoms with Gasteiger partial charge in [0.05, 0.1) is 17.8 Å². The molecule has 0 aliphatic heterocycles. The minimum absolute atomic E-state index is 0.313. The van der Waals surface area contributed by atoms with E-state index in [-0.39, 0.29) is 0 Å². The highest BCUT2D eigenvalue weighted by Gasteiger charge is 2.09. The second-order valence-corrected chi connectivity index (χ2v) is 4.93. The molecule has 0 amide bonds. The van der Waals surface area contributed by atoms with Gasteiger partial charge in [-0.1, -0.05) is 6.07 Å². The number of carboxylic acids is 1. The van der Waals surface area contributed by atoms with Gasteiger partial charge in [0.25, 0.3) is 0 Å². The number of pyridine rings is 1. The Morgan fingerprint density at radius 3 is 2.60 bits per heavy atom. The largest absolute Gasteiger partial charge is 0.478 e. The van der Waals surface area contributed by atoms with Gasteiger partial charge in [-0.05, 0) is 49.7 Å². The van der Waals surface area contributed by atoms with Crippen molar-refractivity contribution in [1.29, 1.82) is 0 Å². The van der Waals surface area contributed by atoms with E-state index < -0.39 is 5.97 Å². The lowest BCUT2D eigenvalue weighted by atomic mass is 10.1. The SMILES string of the molecule is Cc1cccc(CN(C)c2ccc(C(=O)O)cc2C)n1. The predicted molar refractivity (Wildman–Crippen MR) is 79.2 cm³/mol. The molecule has 1 heterocycles. The van der Waals surface area contributed by atoms with Crippen LogP contribution in [0.15, 0.2) is 36.4 Å². The lowest BCUT2D eigenvalue weighted by Gasteiger charge is -2.21. The second kappa shape index (κ2) is 5.74. The molecule has 0 radical (unpaired) electrons. The van der Waals surface area contributed by atoms with E-state index in [2.05, 4.69) is 9.88 Å². The highest BCUT2D eigenvalue weighted by Crippen LogP contribution is 2.21. The first-order valence-corrected chi connectivity index (χ1v) is 6.45. The first-order chi connectivity index (χ1) is 9.47. The molecule has 0 spiro atoms. The Morgan fingerprint density at radius 2 is 2.00 bits per heavy atom. The number of hydrogen-bond acceptors (Lipinski definition) is 3. The van der Waals surface area contributed by atoms with E-state index in [9.17, 15) is 4.79 Å². The van der Waals surface area contributed by atoms with Crippen LogP contribution in [-0.2, 0) is 6.54 Å². The fraction of sp³-hybridized carbons (Fsp3) is 0.250. The molecular weight excluding hydrogens is 252 g/mol. The minimum atomic E-state index is -0.900. The average molecular weight is 270 g/mol. The number of nitrogens with zero attached hydrogens (tertiary/aromatic N) is 2. The van der Waals surface area contributed by atoms with Crippen LogP contribution in [0.25, 0.3) is 0 Å². The van der Waals surface area contributed by atoms with Crippen molar-refractivity contribution in [3.8, 4) is 0 Å². The quantitative estimate of drug-likeness (QED) is 0.927. The van der Waals surface area contributed by atoms with Gasteiger partial charge in [-0.2, -0.15) is 0 Å². The zero-order valence-electron chi connectivity index (χ0n) is 11.9. The van der Waals surface area contributed by atoms with Gasteiger partial charge in [-0.3, -0.25) is 4.98 Å². The fourth-order valence-electron chi connectivity index (χ4n) is 2.23. The van der Waals surface area contributed by atoms with Gasteiger partial charge in [0.15, 0.2) is 0 Å². The molecule has 1 aromatic carbocycles. The van der Waals surface area contributed by atoms with Crippen molar-refractivity contribution in [3.05, 3.63) is 58.9 Å². The van der Waals surface area contributed by atoms with E-state index in [0.29, 0.717) is 12.1 Å². The number of anilines is 1. The van der Waals surface area contributed by atoms with Crippen LogP contribution < -0.4 is 4.90 Å². The monoisotopic (exact) mass is 270 g/mol. The van der Waals surface area contributed by atoms with Crippen LogP contribution in [0.2, 0.25) is 0 Å². The molecule has 4 heteroatoms.